The van der Waals surface area contributed by atoms with Crippen molar-refractivity contribution in [3.63, 3.8) is 0 Å². The van der Waals surface area contributed by atoms with Crippen molar-refractivity contribution in [2.75, 3.05) is 6.26 Å². The molecule has 0 aromatic heterocycles. The SMILES string of the molecule is CCc1ccc(N=C(SC)SCc2ccccc2CC#N)cc1. The Balaban J connectivity index is 2.07. The second kappa shape index (κ2) is 9.44. The molecular formula is C19H20N2S2. The average Bonchev–Trinajstić information content (AvgIpc) is 2.60. The van der Waals surface area contributed by atoms with E-state index in [1.807, 2.05) is 24.5 Å². The van der Waals surface area contributed by atoms with Crippen LogP contribution in [0.4, 0.5) is 5.69 Å². The molecule has 0 spiro atoms. The summed E-state index contributed by atoms with van der Waals surface area (Å²) in [7, 11) is 0. The second-order valence-corrected chi connectivity index (χ2v) is 7.01. The summed E-state index contributed by atoms with van der Waals surface area (Å²) in [6.45, 7) is 2.15. The molecular weight excluding hydrogens is 320 g/mol. The summed E-state index contributed by atoms with van der Waals surface area (Å²) in [5.41, 5.74) is 4.63. The Morgan fingerprint density at radius 1 is 1.09 bits per heavy atom. The van der Waals surface area contributed by atoms with E-state index in [4.69, 9.17) is 10.3 Å². The van der Waals surface area contributed by atoms with Gasteiger partial charge in [0, 0.05) is 5.75 Å². The molecule has 0 heterocycles. The lowest BCUT2D eigenvalue weighted by Gasteiger charge is -2.07. The van der Waals surface area contributed by atoms with Crippen LogP contribution in [0.25, 0.3) is 0 Å². The lowest BCUT2D eigenvalue weighted by atomic mass is 10.1. The summed E-state index contributed by atoms with van der Waals surface area (Å²) >= 11 is 3.38. The summed E-state index contributed by atoms with van der Waals surface area (Å²) in [4.78, 5) is 4.72. The van der Waals surface area contributed by atoms with Crippen molar-refractivity contribution in [2.24, 2.45) is 4.99 Å². The Hall–Kier alpha value is -1.70. The van der Waals surface area contributed by atoms with E-state index in [0.717, 1.165) is 27.8 Å². The molecule has 0 atom stereocenters. The molecule has 0 aliphatic carbocycles. The lowest BCUT2D eigenvalue weighted by Crippen LogP contribution is -1.93. The number of nitrogens with zero attached hydrogens (tertiary/aromatic N) is 2. The van der Waals surface area contributed by atoms with Gasteiger partial charge in [-0.05, 0) is 41.5 Å². The summed E-state index contributed by atoms with van der Waals surface area (Å²) in [6, 6.07) is 18.8. The summed E-state index contributed by atoms with van der Waals surface area (Å²) in [5.74, 6) is 0.838. The van der Waals surface area contributed by atoms with Crippen LogP contribution in [-0.2, 0) is 18.6 Å². The molecule has 0 fully saturated rings. The minimum absolute atomic E-state index is 0.459. The van der Waals surface area contributed by atoms with Gasteiger partial charge in [-0.15, -0.1) is 11.8 Å². The van der Waals surface area contributed by atoms with Gasteiger partial charge in [0.25, 0.3) is 0 Å². The molecule has 2 aromatic rings. The first-order valence-electron chi connectivity index (χ1n) is 7.55. The topological polar surface area (TPSA) is 36.1 Å². The molecule has 0 unspecified atom stereocenters. The third kappa shape index (κ3) is 5.46. The van der Waals surface area contributed by atoms with Crippen LogP contribution in [0.3, 0.4) is 0 Å². The Morgan fingerprint density at radius 2 is 1.78 bits per heavy atom. The number of benzene rings is 2. The van der Waals surface area contributed by atoms with Crippen molar-refractivity contribution >= 4 is 33.6 Å². The maximum absolute atomic E-state index is 8.92. The second-order valence-electron chi connectivity index (χ2n) is 4.99. The monoisotopic (exact) mass is 340 g/mol. The zero-order chi connectivity index (χ0) is 16.5. The van der Waals surface area contributed by atoms with Crippen molar-refractivity contribution in [1.82, 2.24) is 0 Å². The molecule has 2 aromatic carbocycles. The van der Waals surface area contributed by atoms with Crippen LogP contribution >= 0.6 is 23.5 Å². The Kier molecular flexibility index (Phi) is 7.25. The van der Waals surface area contributed by atoms with Gasteiger partial charge in [-0.3, -0.25) is 0 Å². The summed E-state index contributed by atoms with van der Waals surface area (Å²) in [6.07, 6.45) is 3.55. The van der Waals surface area contributed by atoms with Crippen LogP contribution in [0, 0.1) is 11.3 Å². The fourth-order valence-corrected chi connectivity index (χ4v) is 3.72. The first-order chi connectivity index (χ1) is 11.3. The molecule has 0 bridgehead atoms. The van der Waals surface area contributed by atoms with Crippen molar-refractivity contribution in [1.29, 1.82) is 5.26 Å². The van der Waals surface area contributed by atoms with Crippen molar-refractivity contribution in [3.05, 3.63) is 65.2 Å². The van der Waals surface area contributed by atoms with E-state index in [2.05, 4.69) is 43.3 Å². The Morgan fingerprint density at radius 3 is 2.39 bits per heavy atom. The van der Waals surface area contributed by atoms with Gasteiger partial charge in [-0.25, -0.2) is 4.99 Å². The fourth-order valence-electron chi connectivity index (χ4n) is 2.14. The lowest BCUT2D eigenvalue weighted by molar-refractivity contribution is 1.14. The average molecular weight is 341 g/mol. The third-order valence-electron chi connectivity index (χ3n) is 3.48. The Labute approximate surface area is 147 Å². The van der Waals surface area contributed by atoms with E-state index >= 15 is 0 Å². The molecule has 0 radical (unpaired) electrons. The smallest absolute Gasteiger partial charge is 0.130 e. The number of thioether (sulfide) groups is 2. The highest BCUT2D eigenvalue weighted by Gasteiger charge is 2.05. The van der Waals surface area contributed by atoms with Gasteiger partial charge in [0.2, 0.25) is 0 Å². The van der Waals surface area contributed by atoms with Gasteiger partial charge in [0.1, 0.15) is 4.38 Å². The number of rotatable bonds is 5. The number of aliphatic imine (C=N–C) groups is 1. The predicted octanol–water partition coefficient (Wildman–Crippen LogP) is 5.60. The van der Waals surface area contributed by atoms with E-state index in [1.165, 1.54) is 11.1 Å². The van der Waals surface area contributed by atoms with E-state index in [-0.39, 0.29) is 0 Å². The molecule has 0 N–H and O–H groups in total. The quantitative estimate of drug-likeness (QED) is 0.525. The third-order valence-corrected chi connectivity index (χ3v) is 5.57. The maximum atomic E-state index is 8.92. The van der Waals surface area contributed by atoms with Crippen molar-refractivity contribution in [3.8, 4) is 6.07 Å². The molecule has 4 heteroatoms. The van der Waals surface area contributed by atoms with Crippen LogP contribution in [0.5, 0.6) is 0 Å². The predicted molar refractivity (Wildman–Crippen MR) is 103 cm³/mol. The van der Waals surface area contributed by atoms with E-state index in [1.54, 1.807) is 23.5 Å². The van der Waals surface area contributed by atoms with Crippen LogP contribution < -0.4 is 0 Å². The number of aryl methyl sites for hydroxylation is 1. The molecule has 0 amide bonds. The minimum Gasteiger partial charge on any atom is -0.235 e. The van der Waals surface area contributed by atoms with Gasteiger partial charge in [-0.1, -0.05) is 55.1 Å². The highest BCUT2D eigenvalue weighted by atomic mass is 32.2. The van der Waals surface area contributed by atoms with Crippen LogP contribution in [-0.4, -0.2) is 10.6 Å². The molecule has 0 aliphatic heterocycles. The first kappa shape index (κ1) is 17.7. The number of nitriles is 1. The molecule has 118 valence electrons. The minimum atomic E-state index is 0.459. The number of hydrogen-bond acceptors (Lipinski definition) is 4. The highest BCUT2D eigenvalue weighted by Crippen LogP contribution is 2.25. The standard InChI is InChI=1S/C19H20N2S2/c1-3-15-8-10-18(11-9-15)21-19(22-2)23-14-17-7-5-4-6-16(17)12-13-20/h4-11H,3,12,14H2,1-2H3. The molecule has 0 saturated carbocycles. The number of hydrogen-bond donors (Lipinski definition) is 0. The zero-order valence-electron chi connectivity index (χ0n) is 13.5. The van der Waals surface area contributed by atoms with E-state index in [0.29, 0.717) is 6.42 Å². The molecule has 2 nitrogen and oxygen atoms in total. The normalized spacial score (nSPS) is 11.3. The van der Waals surface area contributed by atoms with E-state index < -0.39 is 0 Å². The fraction of sp³-hybridized carbons (Fsp3) is 0.263. The van der Waals surface area contributed by atoms with Crippen LogP contribution in [0.1, 0.15) is 23.6 Å². The van der Waals surface area contributed by atoms with Gasteiger partial charge < -0.3 is 0 Å². The van der Waals surface area contributed by atoms with E-state index in [9.17, 15) is 0 Å². The zero-order valence-corrected chi connectivity index (χ0v) is 15.1. The molecule has 23 heavy (non-hydrogen) atoms. The maximum Gasteiger partial charge on any atom is 0.130 e. The molecule has 2 rings (SSSR count). The van der Waals surface area contributed by atoms with Crippen LogP contribution in [0.15, 0.2) is 53.5 Å². The van der Waals surface area contributed by atoms with Gasteiger partial charge >= 0.3 is 0 Å². The van der Waals surface area contributed by atoms with Gasteiger partial charge in [0.05, 0.1) is 18.2 Å². The Bertz CT molecular complexity index is 700. The summed E-state index contributed by atoms with van der Waals surface area (Å²) in [5, 5.41) is 8.92. The van der Waals surface area contributed by atoms with Crippen molar-refractivity contribution < 1.29 is 0 Å². The van der Waals surface area contributed by atoms with Crippen LogP contribution in [0.2, 0.25) is 0 Å². The molecule has 0 aliphatic rings. The first-order valence-corrected chi connectivity index (χ1v) is 9.76. The van der Waals surface area contributed by atoms with Crippen molar-refractivity contribution in [2.45, 2.75) is 25.5 Å². The van der Waals surface area contributed by atoms with Gasteiger partial charge in [0.15, 0.2) is 0 Å². The summed E-state index contributed by atoms with van der Waals surface area (Å²) < 4.78 is 1.04. The molecule has 0 saturated heterocycles. The largest absolute Gasteiger partial charge is 0.235 e. The van der Waals surface area contributed by atoms with Gasteiger partial charge in [-0.2, -0.15) is 5.26 Å². The highest BCUT2D eigenvalue weighted by molar-refractivity contribution is 8.38.